The van der Waals surface area contributed by atoms with Crippen molar-refractivity contribution >= 4 is 11.6 Å². The maximum atomic E-state index is 12.0. The lowest BCUT2D eigenvalue weighted by Crippen LogP contribution is -2.14. The minimum atomic E-state index is -0.189. The Kier molecular flexibility index (Phi) is 1.86. The fourth-order valence-corrected chi connectivity index (χ4v) is 2.27. The second-order valence-corrected chi connectivity index (χ2v) is 4.08. The molecule has 0 radical (unpaired) electrons. The van der Waals surface area contributed by atoms with Gasteiger partial charge in [0.15, 0.2) is 0 Å². The summed E-state index contributed by atoms with van der Waals surface area (Å²) in [6, 6.07) is 9.82. The van der Waals surface area contributed by atoms with Crippen LogP contribution in [0.25, 0.3) is 0 Å². The summed E-state index contributed by atoms with van der Waals surface area (Å²) in [6.45, 7) is 2.01. The van der Waals surface area contributed by atoms with Crippen LogP contribution in [-0.4, -0.2) is 10.9 Å². The van der Waals surface area contributed by atoms with Crippen molar-refractivity contribution in [1.29, 1.82) is 0 Å². The van der Waals surface area contributed by atoms with Crippen LogP contribution in [0.4, 0.5) is 5.69 Å². The molecular weight excluding hydrogens is 200 g/mol. The first-order valence-corrected chi connectivity index (χ1v) is 5.31. The van der Waals surface area contributed by atoms with Crippen molar-refractivity contribution in [2.45, 2.75) is 12.8 Å². The standard InChI is InChI=1S/C13H12N2O/c1-8-6-7-14-12(8)11-9-4-2-3-5-10(9)15-13(11)16/h2-7,11,14H,1H3,(H,15,16). The second-order valence-electron chi connectivity index (χ2n) is 4.08. The molecular formula is C13H12N2O. The third-order valence-corrected chi connectivity index (χ3v) is 3.08. The zero-order valence-electron chi connectivity index (χ0n) is 8.95. The highest BCUT2D eigenvalue weighted by atomic mass is 16.2. The first-order valence-electron chi connectivity index (χ1n) is 5.31. The van der Waals surface area contributed by atoms with Crippen molar-refractivity contribution in [1.82, 2.24) is 4.98 Å². The van der Waals surface area contributed by atoms with Crippen LogP contribution in [0.5, 0.6) is 0 Å². The highest BCUT2D eigenvalue weighted by Crippen LogP contribution is 2.37. The predicted octanol–water partition coefficient (Wildman–Crippen LogP) is 2.41. The van der Waals surface area contributed by atoms with Gasteiger partial charge < -0.3 is 10.3 Å². The van der Waals surface area contributed by atoms with Crippen molar-refractivity contribution in [2.75, 3.05) is 5.32 Å². The third-order valence-electron chi connectivity index (χ3n) is 3.08. The van der Waals surface area contributed by atoms with E-state index in [0.717, 1.165) is 22.5 Å². The summed E-state index contributed by atoms with van der Waals surface area (Å²) in [5.74, 6) is -0.141. The van der Waals surface area contributed by atoms with Gasteiger partial charge in [0, 0.05) is 17.6 Å². The van der Waals surface area contributed by atoms with Gasteiger partial charge in [-0.1, -0.05) is 18.2 Å². The van der Waals surface area contributed by atoms with Crippen LogP contribution in [0.15, 0.2) is 36.5 Å². The fourth-order valence-electron chi connectivity index (χ4n) is 2.27. The molecule has 1 aromatic carbocycles. The Morgan fingerprint density at radius 1 is 1.19 bits per heavy atom. The van der Waals surface area contributed by atoms with Crippen LogP contribution in [0.1, 0.15) is 22.7 Å². The number of aryl methyl sites for hydroxylation is 1. The topological polar surface area (TPSA) is 44.9 Å². The molecule has 1 unspecified atom stereocenters. The minimum absolute atomic E-state index is 0.0479. The van der Waals surface area contributed by atoms with Crippen LogP contribution >= 0.6 is 0 Å². The number of aromatic amines is 1. The van der Waals surface area contributed by atoms with E-state index in [-0.39, 0.29) is 11.8 Å². The molecule has 3 heteroatoms. The number of anilines is 1. The van der Waals surface area contributed by atoms with Gasteiger partial charge in [-0.3, -0.25) is 4.79 Å². The van der Waals surface area contributed by atoms with Crippen LogP contribution in [0.2, 0.25) is 0 Å². The van der Waals surface area contributed by atoms with Crippen LogP contribution in [0, 0.1) is 6.92 Å². The van der Waals surface area contributed by atoms with Crippen molar-refractivity contribution in [2.24, 2.45) is 0 Å². The van der Waals surface area contributed by atoms with Gasteiger partial charge in [-0.2, -0.15) is 0 Å². The highest BCUT2D eigenvalue weighted by Gasteiger charge is 2.32. The Hall–Kier alpha value is -2.03. The zero-order chi connectivity index (χ0) is 11.1. The number of hydrogen-bond acceptors (Lipinski definition) is 1. The van der Waals surface area contributed by atoms with Gasteiger partial charge in [-0.25, -0.2) is 0 Å². The largest absolute Gasteiger partial charge is 0.364 e. The molecule has 1 aliphatic heterocycles. The number of nitrogens with one attached hydrogen (secondary N) is 2. The van der Waals surface area contributed by atoms with E-state index in [1.165, 1.54) is 0 Å². The van der Waals surface area contributed by atoms with Gasteiger partial charge in [0.25, 0.3) is 0 Å². The first-order chi connectivity index (χ1) is 7.77. The van der Waals surface area contributed by atoms with E-state index in [1.54, 1.807) is 0 Å². The quantitative estimate of drug-likeness (QED) is 0.749. The smallest absolute Gasteiger partial charge is 0.238 e. The number of benzene rings is 1. The summed E-state index contributed by atoms with van der Waals surface area (Å²) >= 11 is 0. The van der Waals surface area contributed by atoms with Gasteiger partial charge >= 0.3 is 0 Å². The molecule has 0 bridgehead atoms. The highest BCUT2D eigenvalue weighted by molar-refractivity contribution is 6.04. The molecule has 3 rings (SSSR count). The summed E-state index contributed by atoms with van der Waals surface area (Å²) in [6.07, 6.45) is 1.87. The summed E-state index contributed by atoms with van der Waals surface area (Å²) in [5, 5.41) is 2.90. The molecule has 0 saturated carbocycles. The molecule has 1 atom stereocenters. The van der Waals surface area contributed by atoms with E-state index in [0.29, 0.717) is 0 Å². The molecule has 0 fully saturated rings. The lowest BCUT2D eigenvalue weighted by atomic mass is 9.95. The molecule has 1 aromatic heterocycles. The van der Waals surface area contributed by atoms with Crippen LogP contribution in [-0.2, 0) is 4.79 Å². The molecule has 2 aromatic rings. The van der Waals surface area contributed by atoms with Crippen LogP contribution in [0.3, 0.4) is 0 Å². The second kappa shape index (κ2) is 3.23. The molecule has 0 spiro atoms. The normalized spacial score (nSPS) is 18.3. The summed E-state index contributed by atoms with van der Waals surface area (Å²) in [4.78, 5) is 15.1. The lowest BCUT2D eigenvalue weighted by Gasteiger charge is -2.08. The number of H-pyrrole nitrogens is 1. The maximum Gasteiger partial charge on any atom is 0.238 e. The number of aromatic nitrogens is 1. The van der Waals surface area contributed by atoms with E-state index in [2.05, 4.69) is 10.3 Å². The molecule has 1 amide bonds. The van der Waals surface area contributed by atoms with Gasteiger partial charge in [0.05, 0.1) is 0 Å². The predicted molar refractivity (Wildman–Crippen MR) is 62.4 cm³/mol. The number of carbonyl (C=O) groups excluding carboxylic acids is 1. The molecule has 2 heterocycles. The van der Waals surface area contributed by atoms with Crippen molar-refractivity contribution in [3.63, 3.8) is 0 Å². The summed E-state index contributed by atoms with van der Waals surface area (Å²) < 4.78 is 0. The van der Waals surface area contributed by atoms with Gasteiger partial charge in [-0.05, 0) is 30.2 Å². The van der Waals surface area contributed by atoms with Crippen molar-refractivity contribution in [3.05, 3.63) is 53.3 Å². The molecule has 0 saturated heterocycles. The van der Waals surface area contributed by atoms with Crippen molar-refractivity contribution in [3.8, 4) is 0 Å². The number of rotatable bonds is 1. The number of carbonyl (C=O) groups is 1. The lowest BCUT2D eigenvalue weighted by molar-refractivity contribution is -0.116. The third kappa shape index (κ3) is 1.18. The zero-order valence-corrected chi connectivity index (χ0v) is 8.95. The molecule has 2 N–H and O–H groups in total. The average Bonchev–Trinajstić information content (AvgIpc) is 2.81. The van der Waals surface area contributed by atoms with E-state index < -0.39 is 0 Å². The Morgan fingerprint density at radius 3 is 2.75 bits per heavy atom. The fraction of sp³-hybridized carbons (Fsp3) is 0.154. The molecule has 0 aliphatic carbocycles. The SMILES string of the molecule is Cc1cc[nH]c1C1C(=O)Nc2ccccc21. The minimum Gasteiger partial charge on any atom is -0.364 e. The van der Waals surface area contributed by atoms with Crippen molar-refractivity contribution < 1.29 is 4.79 Å². The van der Waals surface area contributed by atoms with Gasteiger partial charge in [0.2, 0.25) is 5.91 Å². The monoisotopic (exact) mass is 212 g/mol. The Morgan fingerprint density at radius 2 is 2.00 bits per heavy atom. The van der Waals surface area contributed by atoms with E-state index >= 15 is 0 Å². The Labute approximate surface area is 93.5 Å². The Balaban J connectivity index is 2.16. The summed E-state index contributed by atoms with van der Waals surface area (Å²) in [5.41, 5.74) is 4.09. The molecule has 80 valence electrons. The first kappa shape index (κ1) is 9.21. The van der Waals surface area contributed by atoms with Gasteiger partial charge in [0.1, 0.15) is 5.92 Å². The van der Waals surface area contributed by atoms with E-state index in [1.807, 2.05) is 43.5 Å². The van der Waals surface area contributed by atoms with E-state index in [9.17, 15) is 4.79 Å². The molecule has 3 nitrogen and oxygen atoms in total. The number of amides is 1. The summed E-state index contributed by atoms with van der Waals surface area (Å²) in [7, 11) is 0. The maximum absolute atomic E-state index is 12.0. The number of para-hydroxylation sites is 1. The van der Waals surface area contributed by atoms with Gasteiger partial charge in [-0.15, -0.1) is 0 Å². The molecule has 1 aliphatic rings. The number of fused-ring (bicyclic) bond motifs is 1. The number of hydrogen-bond donors (Lipinski definition) is 2. The average molecular weight is 212 g/mol. The Bertz CT molecular complexity index is 557. The molecule has 16 heavy (non-hydrogen) atoms. The van der Waals surface area contributed by atoms with E-state index in [4.69, 9.17) is 0 Å². The van der Waals surface area contributed by atoms with Crippen LogP contribution < -0.4 is 5.32 Å².